The molecular weight excluding hydrogens is 213 g/mol. The number of hydrogen-bond acceptors (Lipinski definition) is 3. The second-order valence-electron chi connectivity index (χ2n) is 3.30. The highest BCUT2D eigenvalue weighted by Gasteiger charge is 2.12. The van der Waals surface area contributed by atoms with Crippen molar-refractivity contribution in [3.8, 4) is 5.75 Å². The minimum absolute atomic E-state index is 0.0488. The Morgan fingerprint density at radius 1 is 1.47 bits per heavy atom. The second kappa shape index (κ2) is 5.91. The monoisotopic (exact) mass is 229 g/mol. The van der Waals surface area contributed by atoms with Gasteiger partial charge in [0.1, 0.15) is 5.75 Å². The first kappa shape index (κ1) is 12.2. The zero-order chi connectivity index (χ0) is 11.3. The third-order valence-electron chi connectivity index (χ3n) is 2.29. The first-order valence-electron chi connectivity index (χ1n) is 4.73. The van der Waals surface area contributed by atoms with Gasteiger partial charge in [0.2, 0.25) is 0 Å². The molecule has 0 fully saturated rings. The van der Waals surface area contributed by atoms with Crippen LogP contribution in [0.2, 0.25) is 0 Å². The summed E-state index contributed by atoms with van der Waals surface area (Å²) in [5.74, 6) is 0.721. The van der Waals surface area contributed by atoms with E-state index in [1.165, 1.54) is 0 Å². The van der Waals surface area contributed by atoms with E-state index < -0.39 is 8.03 Å². The Morgan fingerprint density at radius 3 is 2.47 bits per heavy atom. The van der Waals surface area contributed by atoms with Crippen LogP contribution in [0, 0.1) is 0 Å². The molecule has 0 heterocycles. The van der Waals surface area contributed by atoms with Gasteiger partial charge in [-0.15, -0.1) is 0 Å². The van der Waals surface area contributed by atoms with Crippen LogP contribution in [0.1, 0.15) is 11.5 Å². The van der Waals surface area contributed by atoms with E-state index in [2.05, 4.69) is 0 Å². The van der Waals surface area contributed by atoms with Crippen molar-refractivity contribution in [1.29, 1.82) is 0 Å². The first-order valence-corrected chi connectivity index (χ1v) is 6.29. The van der Waals surface area contributed by atoms with Crippen LogP contribution < -0.4 is 10.5 Å². The van der Waals surface area contributed by atoms with Gasteiger partial charge in [-0.05, 0) is 24.2 Å². The summed E-state index contributed by atoms with van der Waals surface area (Å²) in [7, 11) is -0.870. The van der Waals surface area contributed by atoms with Gasteiger partial charge in [-0.25, -0.2) is 0 Å². The molecule has 1 aromatic carbocycles. The lowest BCUT2D eigenvalue weighted by atomic mass is 10.0. The lowest BCUT2D eigenvalue weighted by Crippen LogP contribution is -2.14. The molecule has 0 spiro atoms. The summed E-state index contributed by atoms with van der Waals surface area (Å²) in [4.78, 5) is 8.88. The van der Waals surface area contributed by atoms with Gasteiger partial charge < -0.3 is 15.4 Å². The predicted octanol–water partition coefficient (Wildman–Crippen LogP) is 1.20. The van der Waals surface area contributed by atoms with Crippen molar-refractivity contribution in [2.24, 2.45) is 5.73 Å². The fraction of sp³-hybridized carbons (Fsp3) is 0.400. The maximum absolute atomic E-state index is 10.8. The van der Waals surface area contributed by atoms with E-state index in [1.54, 1.807) is 7.11 Å². The first-order chi connectivity index (χ1) is 7.17. The second-order valence-corrected chi connectivity index (χ2v) is 4.50. The van der Waals surface area contributed by atoms with Crippen LogP contribution in [0.15, 0.2) is 24.3 Å². The van der Waals surface area contributed by atoms with E-state index in [9.17, 15) is 4.57 Å². The molecule has 0 amide bonds. The average Bonchev–Trinajstić information content (AvgIpc) is 2.26. The minimum atomic E-state index is -2.47. The smallest absolute Gasteiger partial charge is 0.189 e. The third-order valence-corrected chi connectivity index (χ3v) is 3.13. The molecule has 0 aliphatic carbocycles. The summed E-state index contributed by atoms with van der Waals surface area (Å²) in [5, 5.41) is 0. The number of methoxy groups -OCH3 is 1. The molecule has 1 rings (SSSR count). The van der Waals surface area contributed by atoms with E-state index in [-0.39, 0.29) is 12.1 Å². The molecule has 15 heavy (non-hydrogen) atoms. The van der Waals surface area contributed by atoms with Crippen molar-refractivity contribution in [2.45, 2.75) is 5.92 Å². The number of hydrogen-bond donors (Lipinski definition) is 2. The van der Waals surface area contributed by atoms with Gasteiger partial charge in [0, 0.05) is 12.1 Å². The number of ether oxygens (including phenoxy) is 1. The predicted molar refractivity (Wildman–Crippen MR) is 60.9 cm³/mol. The van der Waals surface area contributed by atoms with E-state index in [1.807, 2.05) is 24.3 Å². The molecule has 0 aliphatic rings. The Hall–Kier alpha value is -0.830. The van der Waals surface area contributed by atoms with Gasteiger partial charge in [0.25, 0.3) is 0 Å². The number of rotatable bonds is 5. The van der Waals surface area contributed by atoms with Gasteiger partial charge in [-0.1, -0.05) is 12.1 Å². The van der Waals surface area contributed by atoms with Gasteiger partial charge in [0.05, 0.1) is 7.11 Å². The van der Waals surface area contributed by atoms with Crippen LogP contribution in [-0.2, 0) is 4.57 Å². The standard InChI is InChI=1S/C10H16NO3P/c1-14-10-4-2-8(3-5-10)9(6-11)7-15(12)13/h2-5,9,15H,6-7,11H2,1H3,(H,12,13). The Labute approximate surface area is 89.9 Å². The summed E-state index contributed by atoms with van der Waals surface area (Å²) in [6.45, 7) is 0.378. The Kier molecular flexibility index (Phi) is 4.82. The molecular formula is C10H16NO3P. The topological polar surface area (TPSA) is 72.5 Å². The molecule has 1 aromatic rings. The summed E-state index contributed by atoms with van der Waals surface area (Å²) in [6, 6.07) is 7.40. The molecule has 84 valence electrons. The molecule has 2 atom stereocenters. The highest BCUT2D eigenvalue weighted by atomic mass is 31.1. The maximum atomic E-state index is 10.8. The summed E-state index contributed by atoms with van der Waals surface area (Å²) < 4.78 is 15.8. The fourth-order valence-electron chi connectivity index (χ4n) is 1.42. The molecule has 2 unspecified atom stereocenters. The molecule has 0 aliphatic heterocycles. The van der Waals surface area contributed by atoms with E-state index in [0.717, 1.165) is 11.3 Å². The van der Waals surface area contributed by atoms with Gasteiger partial charge >= 0.3 is 0 Å². The molecule has 5 heteroatoms. The zero-order valence-corrected chi connectivity index (χ0v) is 9.64. The molecule has 0 aromatic heterocycles. The van der Waals surface area contributed by atoms with Crippen molar-refractivity contribution in [3.05, 3.63) is 29.8 Å². The minimum Gasteiger partial charge on any atom is -0.497 e. The maximum Gasteiger partial charge on any atom is 0.189 e. The van der Waals surface area contributed by atoms with Crippen LogP contribution in [0.25, 0.3) is 0 Å². The quantitative estimate of drug-likeness (QED) is 0.744. The largest absolute Gasteiger partial charge is 0.497 e. The molecule has 0 saturated heterocycles. The van der Waals surface area contributed by atoms with Crippen molar-refractivity contribution in [3.63, 3.8) is 0 Å². The van der Waals surface area contributed by atoms with Crippen molar-refractivity contribution >= 4 is 8.03 Å². The van der Waals surface area contributed by atoms with Gasteiger partial charge in [0.15, 0.2) is 8.03 Å². The van der Waals surface area contributed by atoms with Crippen LogP contribution in [0.4, 0.5) is 0 Å². The Bertz CT molecular complexity index is 326. The normalized spacial score (nSPS) is 14.6. The van der Waals surface area contributed by atoms with E-state index >= 15 is 0 Å². The highest BCUT2D eigenvalue weighted by molar-refractivity contribution is 7.38. The van der Waals surface area contributed by atoms with Gasteiger partial charge in [-0.3, -0.25) is 4.57 Å². The zero-order valence-electron chi connectivity index (χ0n) is 8.64. The SMILES string of the molecule is COc1ccc(C(CN)C[PH](=O)O)cc1. The van der Waals surface area contributed by atoms with Crippen LogP contribution in [0.5, 0.6) is 5.75 Å². The highest BCUT2D eigenvalue weighted by Crippen LogP contribution is 2.26. The van der Waals surface area contributed by atoms with Crippen molar-refractivity contribution in [2.75, 3.05) is 19.8 Å². The average molecular weight is 229 g/mol. The molecule has 4 nitrogen and oxygen atoms in total. The van der Waals surface area contributed by atoms with Crippen LogP contribution in [0.3, 0.4) is 0 Å². The summed E-state index contributed by atoms with van der Waals surface area (Å²) in [6.07, 6.45) is 0.244. The Morgan fingerprint density at radius 2 is 2.07 bits per heavy atom. The van der Waals surface area contributed by atoms with Crippen LogP contribution >= 0.6 is 8.03 Å². The molecule has 3 N–H and O–H groups in total. The molecule has 0 radical (unpaired) electrons. The van der Waals surface area contributed by atoms with Crippen molar-refractivity contribution in [1.82, 2.24) is 0 Å². The number of nitrogens with two attached hydrogens (primary N) is 1. The number of benzene rings is 1. The third kappa shape index (κ3) is 3.67. The van der Waals surface area contributed by atoms with Gasteiger partial charge in [-0.2, -0.15) is 0 Å². The lowest BCUT2D eigenvalue weighted by Gasteiger charge is -2.13. The Balaban J connectivity index is 2.78. The van der Waals surface area contributed by atoms with Crippen LogP contribution in [-0.4, -0.2) is 24.7 Å². The van der Waals surface area contributed by atoms with Crippen molar-refractivity contribution < 1.29 is 14.2 Å². The summed E-state index contributed by atoms with van der Waals surface area (Å²) in [5.41, 5.74) is 6.54. The molecule has 0 bridgehead atoms. The molecule has 0 saturated carbocycles. The van der Waals surface area contributed by atoms with E-state index in [4.69, 9.17) is 15.4 Å². The fourth-order valence-corrected chi connectivity index (χ4v) is 2.25. The summed E-state index contributed by atoms with van der Waals surface area (Å²) >= 11 is 0. The lowest BCUT2D eigenvalue weighted by molar-refractivity contribution is 0.414. The van der Waals surface area contributed by atoms with E-state index in [0.29, 0.717) is 6.54 Å².